The lowest BCUT2D eigenvalue weighted by atomic mass is 9.92. The van der Waals surface area contributed by atoms with Crippen molar-refractivity contribution in [2.75, 3.05) is 37.4 Å². The number of ether oxygens (including phenoxy) is 1. The van der Waals surface area contributed by atoms with Crippen LogP contribution in [0.3, 0.4) is 0 Å². The molecule has 0 radical (unpaired) electrons. The molecule has 174 valence electrons. The quantitative estimate of drug-likeness (QED) is 0.549. The third kappa shape index (κ3) is 5.72. The molecule has 2 aromatic rings. The van der Waals surface area contributed by atoms with Crippen molar-refractivity contribution in [1.82, 2.24) is 24.2 Å². The van der Waals surface area contributed by atoms with Crippen molar-refractivity contribution < 1.29 is 17.3 Å². The molecule has 2 aliphatic rings. The molecule has 0 aromatic carbocycles. The normalized spacial score (nSPS) is 23.8. The van der Waals surface area contributed by atoms with E-state index in [-0.39, 0.29) is 30.0 Å². The van der Waals surface area contributed by atoms with Crippen molar-refractivity contribution in [1.29, 1.82) is 0 Å². The molecule has 4 rings (SSSR count). The van der Waals surface area contributed by atoms with Crippen molar-refractivity contribution in [3.8, 4) is 6.01 Å². The summed E-state index contributed by atoms with van der Waals surface area (Å²) in [5.41, 5.74) is 1.38. The number of rotatable bonds is 8. The van der Waals surface area contributed by atoms with Crippen LogP contribution in [0.4, 0.5) is 5.95 Å². The largest absolute Gasteiger partial charge is 0.463 e. The minimum atomic E-state index is -3.68. The standard InChI is InChI=1S/C22H32N6O3S/c1-3-17-13-23-21(24-14-17)27-9-6-18(7-10-27)5-4-12-31-22-25-15-19-16-28(32(2,29)30)11-8-20(19)26-22/h13-15,18H,3-12,16H2,1-2H3/i8D,15D,16D. The van der Waals surface area contributed by atoms with Crippen LogP contribution in [0.25, 0.3) is 0 Å². The third-order valence-electron chi connectivity index (χ3n) is 5.91. The Kier molecular flexibility index (Phi) is 6.04. The molecule has 1 fully saturated rings. The molecule has 0 spiro atoms. The first-order chi connectivity index (χ1) is 16.7. The van der Waals surface area contributed by atoms with E-state index in [0.29, 0.717) is 12.5 Å². The maximum atomic E-state index is 11.9. The predicted molar refractivity (Wildman–Crippen MR) is 122 cm³/mol. The number of aromatic nitrogens is 4. The van der Waals surface area contributed by atoms with E-state index in [2.05, 4.69) is 31.8 Å². The summed E-state index contributed by atoms with van der Waals surface area (Å²) in [4.78, 5) is 19.5. The van der Waals surface area contributed by atoms with Gasteiger partial charge in [-0.05, 0) is 43.6 Å². The van der Waals surface area contributed by atoms with Gasteiger partial charge in [-0.15, -0.1) is 0 Å². The average molecular weight is 464 g/mol. The van der Waals surface area contributed by atoms with E-state index in [9.17, 15) is 8.42 Å². The SMILES string of the molecule is [2H]c1nc(OCCCC2CCN(c3ncc(CC)cn3)CC2)nc2c1C([2H])N(S(C)(=O)=O)CC2[2H]. The highest BCUT2D eigenvalue weighted by atomic mass is 32.2. The fourth-order valence-corrected chi connectivity index (χ4v) is 4.57. The topological polar surface area (TPSA) is 101 Å². The average Bonchev–Trinajstić information content (AvgIpc) is 2.83. The molecule has 2 aromatic heterocycles. The van der Waals surface area contributed by atoms with Crippen molar-refractivity contribution in [2.45, 2.75) is 51.9 Å². The molecule has 10 heteroatoms. The minimum absolute atomic E-state index is 0.00787. The Labute approximate surface area is 194 Å². The molecule has 2 unspecified atom stereocenters. The van der Waals surface area contributed by atoms with E-state index in [1.807, 2.05) is 12.4 Å². The number of piperidine rings is 1. The van der Waals surface area contributed by atoms with Gasteiger partial charge in [0.15, 0.2) is 0 Å². The van der Waals surface area contributed by atoms with Crippen LogP contribution in [-0.2, 0) is 29.4 Å². The molecule has 0 amide bonds. The molecule has 0 saturated carbocycles. The molecule has 9 nitrogen and oxygen atoms in total. The van der Waals surface area contributed by atoms with Crippen LogP contribution < -0.4 is 9.64 Å². The fourth-order valence-electron chi connectivity index (χ4n) is 3.92. The Morgan fingerprint density at radius 1 is 1.22 bits per heavy atom. The second-order valence-electron chi connectivity index (χ2n) is 8.25. The first-order valence-corrected chi connectivity index (χ1v) is 12.9. The number of aryl methyl sites for hydroxylation is 1. The Hall–Kier alpha value is -2.33. The molecule has 2 atom stereocenters. The molecular weight excluding hydrogens is 428 g/mol. The third-order valence-corrected chi connectivity index (χ3v) is 7.02. The van der Waals surface area contributed by atoms with E-state index >= 15 is 0 Å². The lowest BCUT2D eigenvalue weighted by Gasteiger charge is -2.32. The van der Waals surface area contributed by atoms with Gasteiger partial charge in [0.2, 0.25) is 16.0 Å². The zero-order valence-corrected chi connectivity index (χ0v) is 19.4. The van der Waals surface area contributed by atoms with Gasteiger partial charge in [0.1, 0.15) is 0 Å². The molecule has 4 heterocycles. The lowest BCUT2D eigenvalue weighted by Crippen LogP contribution is -2.35. The van der Waals surface area contributed by atoms with Crippen molar-refractivity contribution in [2.24, 2.45) is 5.92 Å². The number of nitrogens with zero attached hydrogens (tertiary/aromatic N) is 6. The molecule has 1 saturated heterocycles. The summed E-state index contributed by atoms with van der Waals surface area (Å²) in [7, 11) is -3.68. The first-order valence-electron chi connectivity index (χ1n) is 12.7. The monoisotopic (exact) mass is 463 g/mol. The van der Waals surface area contributed by atoms with E-state index in [1.165, 1.54) is 0 Å². The van der Waals surface area contributed by atoms with Gasteiger partial charge in [0.25, 0.3) is 0 Å². The molecule has 0 N–H and O–H groups in total. The van der Waals surface area contributed by atoms with Crippen LogP contribution in [0.15, 0.2) is 18.6 Å². The molecule has 0 aliphatic carbocycles. The first kappa shape index (κ1) is 19.2. The molecule has 32 heavy (non-hydrogen) atoms. The van der Waals surface area contributed by atoms with E-state index in [0.717, 1.165) is 67.3 Å². The fraction of sp³-hybridized carbons (Fsp3) is 0.636. The van der Waals surface area contributed by atoms with Crippen LogP contribution in [-0.4, -0.2) is 65.2 Å². The summed E-state index contributed by atoms with van der Waals surface area (Å²) in [6.07, 6.45) is 8.39. The van der Waals surface area contributed by atoms with Gasteiger partial charge in [0, 0.05) is 59.4 Å². The second kappa shape index (κ2) is 10.1. The van der Waals surface area contributed by atoms with Crippen LogP contribution in [0, 0.1) is 5.92 Å². The van der Waals surface area contributed by atoms with E-state index < -0.39 is 22.9 Å². The Balaban J connectivity index is 1.27. The van der Waals surface area contributed by atoms with Crippen molar-refractivity contribution in [3.05, 3.63) is 35.4 Å². The summed E-state index contributed by atoms with van der Waals surface area (Å²) in [6, 6.07) is 0.00787. The van der Waals surface area contributed by atoms with Crippen LogP contribution in [0.1, 0.15) is 53.5 Å². The molecule has 2 aliphatic heterocycles. The Morgan fingerprint density at radius 2 is 1.97 bits per heavy atom. The highest BCUT2D eigenvalue weighted by molar-refractivity contribution is 7.88. The molecular formula is C22H32N6O3S. The summed E-state index contributed by atoms with van der Waals surface area (Å²) in [5.74, 6) is 1.38. The summed E-state index contributed by atoms with van der Waals surface area (Å²) < 4.78 is 55.1. The highest BCUT2D eigenvalue weighted by Crippen LogP contribution is 2.25. The van der Waals surface area contributed by atoms with E-state index in [1.54, 1.807) is 0 Å². The van der Waals surface area contributed by atoms with Gasteiger partial charge < -0.3 is 9.64 Å². The second-order valence-corrected chi connectivity index (χ2v) is 10.2. The van der Waals surface area contributed by atoms with Gasteiger partial charge in [0.05, 0.1) is 19.9 Å². The van der Waals surface area contributed by atoms with Crippen LogP contribution in [0.5, 0.6) is 6.01 Å². The Morgan fingerprint density at radius 3 is 2.66 bits per heavy atom. The van der Waals surface area contributed by atoms with Gasteiger partial charge in [-0.25, -0.2) is 23.4 Å². The lowest BCUT2D eigenvalue weighted by molar-refractivity contribution is 0.260. The smallest absolute Gasteiger partial charge is 0.316 e. The highest BCUT2D eigenvalue weighted by Gasteiger charge is 2.25. The summed E-state index contributed by atoms with van der Waals surface area (Å²) in [5, 5.41) is 0. The number of sulfonamides is 1. The number of anilines is 1. The van der Waals surface area contributed by atoms with Crippen LogP contribution in [0.2, 0.25) is 0 Å². The van der Waals surface area contributed by atoms with Crippen molar-refractivity contribution >= 4 is 16.0 Å². The number of hydrogen-bond acceptors (Lipinski definition) is 8. The summed E-state index contributed by atoms with van der Waals surface area (Å²) >= 11 is 0. The maximum absolute atomic E-state index is 11.9. The predicted octanol–water partition coefficient (Wildman–Crippen LogP) is 2.22. The number of fused-ring (bicyclic) bond motifs is 1. The zero-order valence-electron chi connectivity index (χ0n) is 21.6. The van der Waals surface area contributed by atoms with Gasteiger partial charge in [-0.2, -0.15) is 9.29 Å². The Bertz CT molecular complexity index is 1130. The minimum Gasteiger partial charge on any atom is -0.463 e. The van der Waals surface area contributed by atoms with Gasteiger partial charge >= 0.3 is 6.01 Å². The zero-order chi connectivity index (χ0) is 25.2. The van der Waals surface area contributed by atoms with Gasteiger partial charge in [-0.3, -0.25) is 0 Å². The van der Waals surface area contributed by atoms with Gasteiger partial charge in [-0.1, -0.05) is 6.92 Å². The van der Waals surface area contributed by atoms with Crippen molar-refractivity contribution in [3.63, 3.8) is 0 Å². The number of hydrogen-bond donors (Lipinski definition) is 0. The van der Waals surface area contributed by atoms with E-state index in [4.69, 9.17) is 8.85 Å². The maximum Gasteiger partial charge on any atom is 0.316 e. The molecule has 0 bridgehead atoms. The summed E-state index contributed by atoms with van der Waals surface area (Å²) in [6.45, 7) is 2.83. The van der Waals surface area contributed by atoms with Crippen LogP contribution >= 0.6 is 0 Å².